The molecule has 0 fully saturated rings. The van der Waals surface area contributed by atoms with E-state index in [-0.39, 0.29) is 40.5 Å². The first-order chi connectivity index (χ1) is 15.5. The molecule has 0 spiro atoms. The van der Waals surface area contributed by atoms with Crippen molar-refractivity contribution in [2.45, 2.75) is 60.5 Å². The zero-order valence-electron chi connectivity index (χ0n) is 19.8. The molecule has 0 aliphatic carbocycles. The number of carbonyl (C=O) groups excluding carboxylic acids is 3. The monoisotopic (exact) mass is 495 g/mol. The van der Waals surface area contributed by atoms with Crippen molar-refractivity contribution in [2.24, 2.45) is 0 Å². The smallest absolute Gasteiger partial charge is 0.348 e. The highest BCUT2D eigenvalue weighted by molar-refractivity contribution is 7.18. The van der Waals surface area contributed by atoms with Gasteiger partial charge in [-0.15, -0.1) is 11.3 Å². The number of thiophene rings is 1. The van der Waals surface area contributed by atoms with Crippen LogP contribution in [0.5, 0.6) is 5.75 Å². The Morgan fingerprint density at radius 3 is 2.30 bits per heavy atom. The van der Waals surface area contributed by atoms with Crippen LogP contribution >= 0.6 is 22.9 Å². The Hall–Kier alpha value is -2.58. The molecule has 2 rings (SSSR count). The molecule has 0 aliphatic rings. The van der Waals surface area contributed by atoms with Gasteiger partial charge in [-0.2, -0.15) is 0 Å². The van der Waals surface area contributed by atoms with Crippen molar-refractivity contribution in [3.05, 3.63) is 44.3 Å². The average molecular weight is 496 g/mol. The maximum atomic E-state index is 12.5. The molecule has 0 saturated heterocycles. The Labute approximate surface area is 203 Å². The van der Waals surface area contributed by atoms with E-state index in [2.05, 4.69) is 5.32 Å². The molecule has 2 aromatic rings. The molecule has 0 bridgehead atoms. The highest BCUT2D eigenvalue weighted by Crippen LogP contribution is 2.34. The third kappa shape index (κ3) is 7.20. The van der Waals surface area contributed by atoms with Gasteiger partial charge >= 0.3 is 11.9 Å². The minimum absolute atomic E-state index is 0.175. The second-order valence-electron chi connectivity index (χ2n) is 7.81. The Morgan fingerprint density at radius 1 is 1.09 bits per heavy atom. The lowest BCUT2D eigenvalue weighted by atomic mass is 10.1. The highest BCUT2D eigenvalue weighted by Gasteiger charge is 2.27. The molecule has 1 amide bonds. The van der Waals surface area contributed by atoms with Crippen molar-refractivity contribution in [1.82, 2.24) is 0 Å². The van der Waals surface area contributed by atoms with Gasteiger partial charge in [-0.1, -0.05) is 11.6 Å². The van der Waals surface area contributed by atoms with Gasteiger partial charge in [0.05, 0.1) is 24.9 Å². The SMILES string of the molecule is CCOC(=O)c1c(NC(=O)CCCOc2cc(C)c(Cl)c(C)c2)sc(C(=O)OC(C)C)c1C. The lowest BCUT2D eigenvalue weighted by Crippen LogP contribution is -2.15. The highest BCUT2D eigenvalue weighted by atomic mass is 35.5. The van der Waals surface area contributed by atoms with Crippen LogP contribution in [0.15, 0.2) is 12.1 Å². The molecule has 9 heteroatoms. The van der Waals surface area contributed by atoms with Gasteiger partial charge in [0.2, 0.25) is 5.91 Å². The second kappa shape index (κ2) is 12.0. The molecule has 33 heavy (non-hydrogen) atoms. The van der Waals surface area contributed by atoms with E-state index in [1.54, 1.807) is 27.7 Å². The second-order valence-corrected chi connectivity index (χ2v) is 9.20. The minimum Gasteiger partial charge on any atom is -0.494 e. The van der Waals surface area contributed by atoms with Crippen LogP contribution in [0.3, 0.4) is 0 Å². The van der Waals surface area contributed by atoms with E-state index < -0.39 is 11.9 Å². The molecule has 0 unspecified atom stereocenters. The molecule has 0 saturated carbocycles. The van der Waals surface area contributed by atoms with E-state index in [1.807, 2.05) is 26.0 Å². The Balaban J connectivity index is 2.04. The van der Waals surface area contributed by atoms with Crippen molar-refractivity contribution >= 4 is 45.8 Å². The van der Waals surface area contributed by atoms with Gasteiger partial charge in [0.1, 0.15) is 15.6 Å². The lowest BCUT2D eigenvalue weighted by molar-refractivity contribution is -0.116. The van der Waals surface area contributed by atoms with Crippen LogP contribution in [0.4, 0.5) is 5.00 Å². The Bertz CT molecular complexity index is 1010. The third-order valence-electron chi connectivity index (χ3n) is 4.63. The average Bonchev–Trinajstić information content (AvgIpc) is 3.04. The van der Waals surface area contributed by atoms with Crippen molar-refractivity contribution in [3.63, 3.8) is 0 Å². The quantitative estimate of drug-likeness (QED) is 0.327. The number of hydrogen-bond donors (Lipinski definition) is 1. The Morgan fingerprint density at radius 2 is 1.73 bits per heavy atom. The number of aryl methyl sites for hydroxylation is 2. The zero-order chi connectivity index (χ0) is 24.7. The zero-order valence-corrected chi connectivity index (χ0v) is 21.4. The summed E-state index contributed by atoms with van der Waals surface area (Å²) in [6, 6.07) is 3.71. The van der Waals surface area contributed by atoms with Crippen molar-refractivity contribution in [1.29, 1.82) is 0 Å². The summed E-state index contributed by atoms with van der Waals surface area (Å²) in [4.78, 5) is 37.7. The van der Waals surface area contributed by atoms with Gasteiger partial charge in [0.25, 0.3) is 0 Å². The van der Waals surface area contributed by atoms with Gasteiger partial charge in [-0.25, -0.2) is 9.59 Å². The maximum Gasteiger partial charge on any atom is 0.348 e. The predicted molar refractivity (Wildman–Crippen MR) is 130 cm³/mol. The van der Waals surface area contributed by atoms with E-state index in [0.29, 0.717) is 29.4 Å². The summed E-state index contributed by atoms with van der Waals surface area (Å²) in [5, 5.41) is 3.73. The minimum atomic E-state index is -0.595. The first kappa shape index (κ1) is 26.7. The molecule has 1 aromatic heterocycles. The number of halogens is 1. The lowest BCUT2D eigenvalue weighted by Gasteiger charge is -2.10. The summed E-state index contributed by atoms with van der Waals surface area (Å²) >= 11 is 7.18. The fraction of sp³-hybridized carbons (Fsp3) is 0.458. The van der Waals surface area contributed by atoms with Gasteiger partial charge < -0.3 is 19.5 Å². The molecule has 7 nitrogen and oxygen atoms in total. The Kier molecular flexibility index (Phi) is 9.73. The number of nitrogens with one attached hydrogen (secondary N) is 1. The summed E-state index contributed by atoms with van der Waals surface area (Å²) in [5.74, 6) is -0.735. The van der Waals surface area contributed by atoms with Gasteiger partial charge in [0.15, 0.2) is 0 Å². The van der Waals surface area contributed by atoms with Crippen LogP contribution in [0.25, 0.3) is 0 Å². The van der Waals surface area contributed by atoms with Gasteiger partial charge in [-0.05, 0) is 76.8 Å². The molecule has 180 valence electrons. The summed E-state index contributed by atoms with van der Waals surface area (Å²) in [7, 11) is 0. The molecule has 0 aliphatic heterocycles. The molecule has 1 heterocycles. The molecular weight excluding hydrogens is 466 g/mol. The van der Waals surface area contributed by atoms with Crippen LogP contribution < -0.4 is 10.1 Å². The largest absolute Gasteiger partial charge is 0.494 e. The number of anilines is 1. The molecule has 1 N–H and O–H groups in total. The fourth-order valence-corrected chi connectivity index (χ4v) is 4.32. The summed E-state index contributed by atoms with van der Waals surface area (Å²) < 4.78 is 16.1. The van der Waals surface area contributed by atoms with Crippen LogP contribution in [-0.2, 0) is 14.3 Å². The summed E-state index contributed by atoms with van der Waals surface area (Å²) in [5.41, 5.74) is 2.46. The maximum absolute atomic E-state index is 12.5. The number of benzene rings is 1. The van der Waals surface area contributed by atoms with Crippen molar-refractivity contribution < 1.29 is 28.6 Å². The summed E-state index contributed by atoms with van der Waals surface area (Å²) in [6.45, 7) is 11.1. The van der Waals surface area contributed by atoms with Crippen LogP contribution in [0, 0.1) is 20.8 Å². The predicted octanol–water partition coefficient (Wildman–Crippen LogP) is 5.87. The number of rotatable bonds is 10. The number of amides is 1. The number of ether oxygens (including phenoxy) is 3. The van der Waals surface area contributed by atoms with Gasteiger partial charge in [0, 0.05) is 11.4 Å². The van der Waals surface area contributed by atoms with Crippen molar-refractivity contribution in [2.75, 3.05) is 18.5 Å². The van der Waals surface area contributed by atoms with E-state index in [9.17, 15) is 14.4 Å². The first-order valence-corrected chi connectivity index (χ1v) is 11.9. The van der Waals surface area contributed by atoms with Crippen LogP contribution in [0.1, 0.15) is 70.3 Å². The first-order valence-electron chi connectivity index (χ1n) is 10.8. The van der Waals surface area contributed by atoms with Crippen molar-refractivity contribution in [3.8, 4) is 5.75 Å². The topological polar surface area (TPSA) is 90.9 Å². The van der Waals surface area contributed by atoms with E-state index in [1.165, 1.54) is 0 Å². The third-order valence-corrected chi connectivity index (χ3v) is 6.42. The van der Waals surface area contributed by atoms with E-state index >= 15 is 0 Å². The number of esters is 2. The molecular formula is C24H30ClNO6S. The molecule has 0 atom stereocenters. The fourth-order valence-electron chi connectivity index (χ4n) is 3.11. The van der Waals surface area contributed by atoms with Crippen LogP contribution in [-0.4, -0.2) is 37.2 Å². The van der Waals surface area contributed by atoms with Gasteiger partial charge in [-0.3, -0.25) is 4.79 Å². The standard InChI is InChI=1S/C24H30ClNO6S/c1-7-30-23(28)19-16(6)21(24(29)32-13(2)3)33-22(19)26-18(27)9-8-10-31-17-11-14(4)20(25)15(5)12-17/h11-13H,7-10H2,1-6H3,(H,26,27). The summed E-state index contributed by atoms with van der Waals surface area (Å²) in [6.07, 6.45) is 0.334. The van der Waals surface area contributed by atoms with E-state index in [0.717, 1.165) is 22.5 Å². The number of carbonyl (C=O) groups is 3. The molecule has 1 aromatic carbocycles. The van der Waals surface area contributed by atoms with E-state index in [4.69, 9.17) is 25.8 Å². The molecule has 0 radical (unpaired) electrons. The van der Waals surface area contributed by atoms with Crippen LogP contribution in [0.2, 0.25) is 5.02 Å². The normalized spacial score (nSPS) is 10.8. The number of hydrogen-bond acceptors (Lipinski definition) is 7.